The van der Waals surface area contributed by atoms with E-state index < -0.39 is 0 Å². The Balaban J connectivity index is 0.00000181. The Bertz CT molecular complexity index is 1480. The third kappa shape index (κ3) is 7.06. The first-order valence-electron chi connectivity index (χ1n) is 14.0. The highest BCUT2D eigenvalue weighted by Gasteiger charge is 2.15. The second-order valence-corrected chi connectivity index (χ2v) is 9.41. The smallest absolute Gasteiger partial charge is 0.163 e. The Morgan fingerprint density at radius 3 is 1.45 bits per heavy atom. The van der Waals surface area contributed by atoms with Crippen molar-refractivity contribution in [3.8, 4) is 45.0 Å². The summed E-state index contributed by atoms with van der Waals surface area (Å²) in [7, 11) is 0. The van der Waals surface area contributed by atoms with Crippen molar-refractivity contribution in [2.24, 2.45) is 0 Å². The van der Waals surface area contributed by atoms with E-state index in [1.54, 1.807) is 0 Å². The molecule has 1 unspecified atom stereocenters. The fraction of sp³-hybridized carbons (Fsp3) is 0.162. The van der Waals surface area contributed by atoms with E-state index in [1.165, 1.54) is 5.57 Å². The summed E-state index contributed by atoms with van der Waals surface area (Å²) in [5.41, 5.74) is 7.74. The summed E-state index contributed by atoms with van der Waals surface area (Å²) < 4.78 is 0. The molecule has 1 atom stereocenters. The van der Waals surface area contributed by atoms with E-state index in [9.17, 15) is 0 Å². The van der Waals surface area contributed by atoms with Crippen molar-refractivity contribution in [3.63, 3.8) is 0 Å². The third-order valence-corrected chi connectivity index (χ3v) is 6.62. The normalized spacial score (nSPS) is 12.1. The van der Waals surface area contributed by atoms with Gasteiger partial charge in [-0.25, -0.2) is 15.0 Å². The standard InChI is InChI=1S/C35H31N3.C2H6/c1-4-25(2)21-22-26(3)33-36-34(31-19-11-17-29(23-31)27-13-7-5-8-14-27)38-35(37-33)32-20-12-18-30(24-32)28-15-9-6-10-16-28;1-2/h4-24,26H,1-3H3;1-2H3/b22-21-,25-4-;. The molecule has 40 heavy (non-hydrogen) atoms. The lowest BCUT2D eigenvalue weighted by Gasteiger charge is -2.12. The van der Waals surface area contributed by atoms with Crippen molar-refractivity contribution >= 4 is 0 Å². The molecule has 0 spiro atoms. The largest absolute Gasteiger partial charge is 0.212 e. The van der Waals surface area contributed by atoms with Crippen molar-refractivity contribution in [2.45, 2.75) is 40.5 Å². The van der Waals surface area contributed by atoms with Crippen molar-refractivity contribution < 1.29 is 0 Å². The summed E-state index contributed by atoms with van der Waals surface area (Å²) in [5, 5.41) is 0. The van der Waals surface area contributed by atoms with Crippen LogP contribution in [0.5, 0.6) is 0 Å². The quantitative estimate of drug-likeness (QED) is 0.199. The van der Waals surface area contributed by atoms with Gasteiger partial charge in [0.05, 0.1) is 0 Å². The van der Waals surface area contributed by atoms with Gasteiger partial charge in [0.25, 0.3) is 0 Å². The van der Waals surface area contributed by atoms with Gasteiger partial charge in [-0.2, -0.15) is 0 Å². The van der Waals surface area contributed by atoms with Crippen molar-refractivity contribution in [1.29, 1.82) is 0 Å². The van der Waals surface area contributed by atoms with E-state index in [1.807, 2.05) is 32.9 Å². The molecule has 0 radical (unpaired) electrons. The minimum absolute atomic E-state index is 0.0278. The zero-order chi connectivity index (χ0) is 28.3. The number of nitrogens with zero attached hydrogens (tertiary/aromatic N) is 3. The molecule has 5 rings (SSSR count). The van der Waals surface area contributed by atoms with Gasteiger partial charge >= 0.3 is 0 Å². The molecule has 0 aliphatic carbocycles. The zero-order valence-electron chi connectivity index (χ0n) is 24.0. The molecule has 1 aromatic heterocycles. The van der Waals surface area contributed by atoms with Crippen LogP contribution >= 0.6 is 0 Å². The number of aromatic nitrogens is 3. The first kappa shape index (κ1) is 28.4. The third-order valence-electron chi connectivity index (χ3n) is 6.62. The van der Waals surface area contributed by atoms with Gasteiger partial charge in [0.15, 0.2) is 11.6 Å². The van der Waals surface area contributed by atoms with Gasteiger partial charge in [-0.1, -0.05) is 142 Å². The minimum Gasteiger partial charge on any atom is -0.212 e. The van der Waals surface area contributed by atoms with Crippen molar-refractivity contribution in [3.05, 3.63) is 139 Å². The SMILES string of the molecule is C/C=C(C)\C=C/C(C)c1nc(-c2cccc(-c3ccccc3)c2)nc(-c2cccc(-c3ccccc3)c2)n1.CC. The van der Waals surface area contributed by atoms with E-state index in [0.29, 0.717) is 11.6 Å². The van der Waals surface area contributed by atoms with Gasteiger partial charge in [0.2, 0.25) is 0 Å². The van der Waals surface area contributed by atoms with Crippen LogP contribution in [0, 0.1) is 0 Å². The highest BCUT2D eigenvalue weighted by molar-refractivity contribution is 5.73. The number of rotatable bonds is 7. The minimum atomic E-state index is 0.0278. The number of allylic oxidation sites excluding steroid dienone is 4. The Morgan fingerprint density at radius 2 is 1.00 bits per heavy atom. The monoisotopic (exact) mass is 523 g/mol. The van der Waals surface area contributed by atoms with Gasteiger partial charge in [-0.3, -0.25) is 0 Å². The first-order valence-corrected chi connectivity index (χ1v) is 14.0. The summed E-state index contributed by atoms with van der Waals surface area (Å²) in [6.07, 6.45) is 6.37. The lowest BCUT2D eigenvalue weighted by molar-refractivity contribution is 0.827. The Kier molecular flexibility index (Phi) is 9.90. The fourth-order valence-electron chi connectivity index (χ4n) is 4.27. The van der Waals surface area contributed by atoms with Crippen molar-refractivity contribution in [2.75, 3.05) is 0 Å². The van der Waals surface area contributed by atoms with E-state index in [0.717, 1.165) is 39.2 Å². The average molecular weight is 524 g/mol. The molecule has 4 aromatic carbocycles. The molecule has 0 bridgehead atoms. The summed E-state index contributed by atoms with van der Waals surface area (Å²) >= 11 is 0. The number of hydrogen-bond acceptors (Lipinski definition) is 3. The van der Waals surface area contributed by atoms with E-state index in [-0.39, 0.29) is 5.92 Å². The second kappa shape index (κ2) is 14.0. The van der Waals surface area contributed by atoms with Gasteiger partial charge in [-0.15, -0.1) is 0 Å². The molecule has 0 saturated heterocycles. The molecule has 0 amide bonds. The van der Waals surface area contributed by atoms with Gasteiger partial charge in [-0.05, 0) is 48.2 Å². The lowest BCUT2D eigenvalue weighted by Crippen LogP contribution is -2.05. The molecule has 1 heterocycles. The summed E-state index contributed by atoms with van der Waals surface area (Å²) in [6.45, 7) is 10.3. The molecule has 3 nitrogen and oxygen atoms in total. The van der Waals surface area contributed by atoms with Crippen molar-refractivity contribution in [1.82, 2.24) is 15.0 Å². The highest BCUT2D eigenvalue weighted by Crippen LogP contribution is 2.29. The maximum atomic E-state index is 4.98. The summed E-state index contributed by atoms with van der Waals surface area (Å²) in [6, 6.07) is 37.6. The predicted octanol–water partition coefficient (Wildman–Crippen LogP) is 10.2. The molecule has 0 N–H and O–H groups in total. The summed E-state index contributed by atoms with van der Waals surface area (Å²) in [5.74, 6) is 2.13. The van der Waals surface area contributed by atoms with Crippen LogP contribution in [0.4, 0.5) is 0 Å². The Morgan fingerprint density at radius 1 is 0.575 bits per heavy atom. The summed E-state index contributed by atoms with van der Waals surface area (Å²) in [4.78, 5) is 14.9. The van der Waals surface area contributed by atoms with Crippen LogP contribution in [0.15, 0.2) is 133 Å². The van der Waals surface area contributed by atoms with Crippen LogP contribution in [-0.4, -0.2) is 15.0 Å². The predicted molar refractivity (Wildman–Crippen MR) is 170 cm³/mol. The van der Waals surface area contributed by atoms with Crippen LogP contribution in [-0.2, 0) is 0 Å². The van der Waals surface area contributed by atoms with Crippen LogP contribution in [0.2, 0.25) is 0 Å². The van der Waals surface area contributed by atoms with E-state index >= 15 is 0 Å². The number of hydrogen-bond donors (Lipinski definition) is 0. The van der Waals surface area contributed by atoms with Gasteiger partial charge in [0, 0.05) is 17.0 Å². The van der Waals surface area contributed by atoms with E-state index in [4.69, 9.17) is 15.0 Å². The van der Waals surface area contributed by atoms with E-state index in [2.05, 4.69) is 129 Å². The zero-order valence-corrected chi connectivity index (χ0v) is 24.0. The van der Waals surface area contributed by atoms with Crippen LogP contribution < -0.4 is 0 Å². The Hall–Kier alpha value is -4.63. The molecular formula is C37H37N3. The maximum absolute atomic E-state index is 4.98. The lowest BCUT2D eigenvalue weighted by atomic mass is 10.0. The van der Waals surface area contributed by atoms with Crippen LogP contribution in [0.25, 0.3) is 45.0 Å². The molecule has 5 aromatic rings. The molecule has 200 valence electrons. The van der Waals surface area contributed by atoms with Crippen LogP contribution in [0.1, 0.15) is 46.4 Å². The first-order chi connectivity index (χ1) is 19.6. The topological polar surface area (TPSA) is 38.7 Å². The Labute approximate surface area is 239 Å². The number of benzene rings is 4. The molecule has 0 saturated carbocycles. The molecule has 0 aliphatic heterocycles. The van der Waals surface area contributed by atoms with Gasteiger partial charge < -0.3 is 0 Å². The molecule has 0 fully saturated rings. The maximum Gasteiger partial charge on any atom is 0.163 e. The fourth-order valence-corrected chi connectivity index (χ4v) is 4.27. The second-order valence-electron chi connectivity index (χ2n) is 9.41. The van der Waals surface area contributed by atoms with Crippen LogP contribution in [0.3, 0.4) is 0 Å². The van der Waals surface area contributed by atoms with Gasteiger partial charge in [0.1, 0.15) is 5.82 Å². The average Bonchev–Trinajstić information content (AvgIpc) is 3.05. The highest BCUT2D eigenvalue weighted by atomic mass is 15.0. The molecule has 0 aliphatic rings. The molecule has 3 heteroatoms. The molecular weight excluding hydrogens is 486 g/mol.